The van der Waals surface area contributed by atoms with Gasteiger partial charge in [0, 0.05) is 18.5 Å². The van der Waals surface area contributed by atoms with Crippen molar-refractivity contribution in [2.24, 2.45) is 0 Å². The van der Waals surface area contributed by atoms with Crippen LogP contribution in [-0.4, -0.2) is 52.3 Å². The molecule has 24 heavy (non-hydrogen) atoms. The number of carbonyl (C=O) groups excluding carboxylic acids is 1. The lowest BCUT2D eigenvalue weighted by Gasteiger charge is -2.22. The van der Waals surface area contributed by atoms with E-state index in [2.05, 4.69) is 31.0 Å². The third kappa shape index (κ3) is 3.83. The van der Waals surface area contributed by atoms with Gasteiger partial charge >= 0.3 is 0 Å². The highest BCUT2D eigenvalue weighted by Gasteiger charge is 2.30. The average molecular weight is 348 g/mol. The summed E-state index contributed by atoms with van der Waals surface area (Å²) >= 11 is 1.38. The molecule has 1 aromatic heterocycles. The highest BCUT2D eigenvalue weighted by Crippen LogP contribution is 2.35. The largest absolute Gasteiger partial charge is 0.395 e. The quantitative estimate of drug-likeness (QED) is 0.804. The summed E-state index contributed by atoms with van der Waals surface area (Å²) in [6, 6.07) is 10.1. The van der Waals surface area contributed by atoms with Crippen LogP contribution in [0.3, 0.4) is 0 Å². The van der Waals surface area contributed by atoms with Crippen molar-refractivity contribution in [3.8, 4) is 0 Å². The van der Waals surface area contributed by atoms with Gasteiger partial charge in [0.15, 0.2) is 0 Å². The van der Waals surface area contributed by atoms with Gasteiger partial charge in [-0.2, -0.15) is 0 Å². The highest BCUT2D eigenvalue weighted by atomic mass is 32.1. The number of benzene rings is 1. The summed E-state index contributed by atoms with van der Waals surface area (Å²) in [5.41, 5.74) is 1.53. The number of nitrogens with zero attached hydrogens (tertiary/aromatic N) is 2. The molecule has 0 fully saturated rings. The van der Waals surface area contributed by atoms with Crippen molar-refractivity contribution in [1.82, 2.24) is 9.88 Å². The Bertz CT molecular complexity index is 677. The van der Waals surface area contributed by atoms with E-state index in [1.165, 1.54) is 16.2 Å². The van der Waals surface area contributed by atoms with Crippen molar-refractivity contribution in [3.05, 3.63) is 51.5 Å². The first kappa shape index (κ1) is 18.6. The zero-order valence-corrected chi connectivity index (χ0v) is 15.1. The van der Waals surface area contributed by atoms with Crippen molar-refractivity contribution in [1.29, 1.82) is 0 Å². The Morgan fingerprint density at radius 2 is 1.75 bits per heavy atom. The zero-order valence-electron chi connectivity index (χ0n) is 14.3. The third-order valence-corrected chi connectivity index (χ3v) is 5.52. The van der Waals surface area contributed by atoms with E-state index in [0.29, 0.717) is 10.6 Å². The number of aromatic nitrogens is 1. The minimum atomic E-state index is -0.298. The zero-order chi connectivity index (χ0) is 17.7. The van der Waals surface area contributed by atoms with E-state index in [1.54, 1.807) is 0 Å². The molecule has 0 bridgehead atoms. The molecule has 2 N–H and O–H groups in total. The van der Waals surface area contributed by atoms with Crippen LogP contribution in [0.15, 0.2) is 30.3 Å². The number of amides is 1. The number of hydrogen-bond acceptors (Lipinski definition) is 5. The van der Waals surface area contributed by atoms with Gasteiger partial charge in [-0.25, -0.2) is 4.98 Å². The Balaban J connectivity index is 2.34. The van der Waals surface area contributed by atoms with Crippen LogP contribution in [-0.2, 0) is 5.41 Å². The molecule has 2 aromatic rings. The summed E-state index contributed by atoms with van der Waals surface area (Å²) < 4.78 is 0. The van der Waals surface area contributed by atoms with Crippen LogP contribution < -0.4 is 0 Å². The second kappa shape index (κ2) is 7.88. The maximum Gasteiger partial charge on any atom is 0.266 e. The summed E-state index contributed by atoms with van der Waals surface area (Å²) in [6.07, 6.45) is 0. The molecule has 0 radical (unpaired) electrons. The summed E-state index contributed by atoms with van der Waals surface area (Å²) in [5.74, 6) is -0.191. The van der Waals surface area contributed by atoms with Crippen LogP contribution >= 0.6 is 11.3 Å². The molecule has 0 saturated carbocycles. The lowest BCUT2D eigenvalue weighted by molar-refractivity contribution is 0.0688. The molecule has 0 saturated heterocycles. The van der Waals surface area contributed by atoms with E-state index in [0.717, 1.165) is 10.6 Å². The number of hydrogen-bond donors (Lipinski definition) is 2. The third-order valence-electron chi connectivity index (χ3n) is 4.05. The summed E-state index contributed by atoms with van der Waals surface area (Å²) in [6.45, 7) is 6.15. The molecule has 130 valence electrons. The lowest BCUT2D eigenvalue weighted by Crippen LogP contribution is -2.35. The summed E-state index contributed by atoms with van der Waals surface area (Å²) in [7, 11) is 0. The Labute approximate surface area is 146 Å². The number of thiazole rings is 1. The first-order valence-corrected chi connectivity index (χ1v) is 8.78. The predicted octanol–water partition coefficient (Wildman–Crippen LogP) is 2.20. The molecule has 0 unspecified atom stereocenters. The van der Waals surface area contributed by atoms with Crippen molar-refractivity contribution < 1.29 is 15.0 Å². The molecule has 2 rings (SSSR count). The van der Waals surface area contributed by atoms with Gasteiger partial charge in [-0.15, -0.1) is 11.3 Å². The van der Waals surface area contributed by atoms with Crippen LogP contribution in [0.1, 0.15) is 39.8 Å². The molecule has 0 aliphatic rings. The monoisotopic (exact) mass is 348 g/mol. The van der Waals surface area contributed by atoms with Gasteiger partial charge in [0.1, 0.15) is 9.88 Å². The fraction of sp³-hybridized carbons (Fsp3) is 0.444. The van der Waals surface area contributed by atoms with Gasteiger partial charge in [-0.05, 0) is 26.3 Å². The molecule has 0 atom stereocenters. The highest BCUT2D eigenvalue weighted by molar-refractivity contribution is 7.14. The molecule has 0 aliphatic heterocycles. The van der Waals surface area contributed by atoms with Crippen molar-refractivity contribution in [3.63, 3.8) is 0 Å². The van der Waals surface area contributed by atoms with Crippen molar-refractivity contribution >= 4 is 17.2 Å². The topological polar surface area (TPSA) is 73.7 Å². The van der Waals surface area contributed by atoms with E-state index in [4.69, 9.17) is 10.2 Å². The lowest BCUT2D eigenvalue weighted by atomic mass is 9.85. The molecular weight excluding hydrogens is 324 g/mol. The Morgan fingerprint density at radius 1 is 1.17 bits per heavy atom. The van der Waals surface area contributed by atoms with E-state index < -0.39 is 0 Å². The number of aryl methyl sites for hydroxylation is 1. The molecule has 1 heterocycles. The van der Waals surface area contributed by atoms with Crippen LogP contribution in [0, 0.1) is 6.92 Å². The average Bonchev–Trinajstić information content (AvgIpc) is 2.97. The normalized spacial score (nSPS) is 11.5. The second-order valence-electron chi connectivity index (χ2n) is 6.16. The molecule has 6 heteroatoms. The number of aliphatic hydroxyl groups excluding tert-OH is 2. The summed E-state index contributed by atoms with van der Waals surface area (Å²) in [5, 5.41) is 19.1. The Morgan fingerprint density at radius 3 is 2.29 bits per heavy atom. The minimum Gasteiger partial charge on any atom is -0.395 e. The van der Waals surface area contributed by atoms with Gasteiger partial charge in [0.2, 0.25) is 0 Å². The molecule has 5 nitrogen and oxygen atoms in total. The van der Waals surface area contributed by atoms with Crippen LogP contribution in [0.4, 0.5) is 0 Å². The maximum atomic E-state index is 12.7. The van der Waals surface area contributed by atoms with Crippen LogP contribution in [0.25, 0.3) is 0 Å². The van der Waals surface area contributed by atoms with Crippen molar-refractivity contribution in [2.45, 2.75) is 26.2 Å². The Kier molecular flexibility index (Phi) is 6.10. The Hall–Kier alpha value is -1.76. The van der Waals surface area contributed by atoms with Crippen molar-refractivity contribution in [2.75, 3.05) is 26.3 Å². The fourth-order valence-electron chi connectivity index (χ4n) is 2.54. The van der Waals surface area contributed by atoms with E-state index in [9.17, 15) is 4.79 Å². The SMILES string of the molecule is Cc1nc(C(C)(C)c2ccccc2)sc1C(=O)N(CCO)CCO. The minimum absolute atomic E-state index is 0.133. The van der Waals surface area contributed by atoms with Gasteiger partial charge in [-0.1, -0.05) is 30.3 Å². The van der Waals surface area contributed by atoms with E-state index in [1.807, 2.05) is 25.1 Å². The number of aliphatic hydroxyl groups is 2. The van der Waals surface area contributed by atoms with Gasteiger partial charge in [0.25, 0.3) is 5.91 Å². The molecule has 0 spiro atoms. The standard InChI is InChI=1S/C18H24N2O3S/c1-13-15(16(23)20(9-11-21)10-12-22)24-17(19-13)18(2,3)14-7-5-4-6-8-14/h4-8,21-22H,9-12H2,1-3H3. The number of carbonyl (C=O) groups is 1. The number of rotatable bonds is 7. The first-order chi connectivity index (χ1) is 11.4. The fourth-order valence-corrected chi connectivity index (χ4v) is 3.70. The van der Waals surface area contributed by atoms with Gasteiger partial charge < -0.3 is 15.1 Å². The first-order valence-electron chi connectivity index (χ1n) is 7.96. The second-order valence-corrected chi connectivity index (χ2v) is 7.16. The summed E-state index contributed by atoms with van der Waals surface area (Å²) in [4.78, 5) is 19.3. The van der Waals surface area contributed by atoms with Crippen LogP contribution in [0.5, 0.6) is 0 Å². The maximum absolute atomic E-state index is 12.7. The molecular formula is C18H24N2O3S. The molecule has 1 amide bonds. The predicted molar refractivity (Wildman–Crippen MR) is 95.5 cm³/mol. The van der Waals surface area contributed by atoms with Gasteiger partial charge in [0.05, 0.1) is 18.9 Å². The van der Waals surface area contributed by atoms with E-state index in [-0.39, 0.29) is 37.6 Å². The molecule has 0 aliphatic carbocycles. The van der Waals surface area contributed by atoms with E-state index >= 15 is 0 Å². The molecule has 1 aromatic carbocycles. The van der Waals surface area contributed by atoms with Gasteiger partial charge in [-0.3, -0.25) is 4.79 Å². The smallest absolute Gasteiger partial charge is 0.266 e. The van der Waals surface area contributed by atoms with Crippen LogP contribution in [0.2, 0.25) is 0 Å².